The highest BCUT2D eigenvalue weighted by molar-refractivity contribution is 5.11. The van der Waals surface area contributed by atoms with E-state index in [2.05, 4.69) is 5.32 Å². The van der Waals surface area contributed by atoms with Crippen LogP contribution in [0.15, 0.2) is 0 Å². The fourth-order valence-electron chi connectivity index (χ4n) is 3.10. The lowest BCUT2D eigenvalue weighted by molar-refractivity contribution is -0.239. The van der Waals surface area contributed by atoms with Crippen molar-refractivity contribution in [1.29, 1.82) is 0 Å². The van der Waals surface area contributed by atoms with Crippen LogP contribution in [0.25, 0.3) is 0 Å². The van der Waals surface area contributed by atoms with Gasteiger partial charge in [0, 0.05) is 11.6 Å². The molecule has 2 heterocycles. The van der Waals surface area contributed by atoms with Gasteiger partial charge in [0.2, 0.25) is 0 Å². The third-order valence-corrected chi connectivity index (χ3v) is 4.46. The molecule has 4 heteroatoms. The molecule has 0 aromatic heterocycles. The molecule has 0 amide bonds. The zero-order valence-electron chi connectivity index (χ0n) is 9.25. The van der Waals surface area contributed by atoms with Gasteiger partial charge in [0.05, 0.1) is 5.41 Å². The summed E-state index contributed by atoms with van der Waals surface area (Å²) < 4.78 is 39.1. The molecule has 2 aliphatic rings. The van der Waals surface area contributed by atoms with Gasteiger partial charge in [-0.3, -0.25) is 0 Å². The predicted molar refractivity (Wildman–Crippen MR) is 52.6 cm³/mol. The molecule has 15 heavy (non-hydrogen) atoms. The van der Waals surface area contributed by atoms with Crippen LogP contribution in [-0.2, 0) is 0 Å². The van der Waals surface area contributed by atoms with Crippen LogP contribution in [0.3, 0.4) is 0 Å². The molecular weight excluding hydrogens is 203 g/mol. The topological polar surface area (TPSA) is 12.0 Å². The molecule has 2 saturated heterocycles. The molecule has 2 rings (SSSR count). The van der Waals surface area contributed by atoms with Crippen LogP contribution in [0.2, 0.25) is 0 Å². The van der Waals surface area contributed by atoms with Gasteiger partial charge in [-0.25, -0.2) is 0 Å². The van der Waals surface area contributed by atoms with Crippen molar-refractivity contribution in [2.45, 2.75) is 63.7 Å². The Morgan fingerprint density at radius 2 is 1.80 bits per heavy atom. The average molecular weight is 221 g/mol. The van der Waals surface area contributed by atoms with Gasteiger partial charge in [-0.1, -0.05) is 6.42 Å². The second-order valence-corrected chi connectivity index (χ2v) is 5.48. The fraction of sp³-hybridized carbons (Fsp3) is 1.00. The Balaban J connectivity index is 2.29. The molecule has 2 aliphatic heterocycles. The number of halogens is 3. The summed E-state index contributed by atoms with van der Waals surface area (Å²) in [6.07, 6.45) is 0.0821. The normalized spacial score (nSPS) is 37.0. The van der Waals surface area contributed by atoms with E-state index in [9.17, 15) is 13.2 Å². The molecule has 2 bridgehead atoms. The Morgan fingerprint density at radius 3 is 2.40 bits per heavy atom. The second kappa shape index (κ2) is 3.12. The minimum absolute atomic E-state index is 0.320. The molecule has 0 spiro atoms. The lowest BCUT2D eigenvalue weighted by atomic mass is 9.68. The first kappa shape index (κ1) is 11.2. The highest BCUT2D eigenvalue weighted by atomic mass is 19.4. The maximum absolute atomic E-state index is 13.0. The van der Waals surface area contributed by atoms with Gasteiger partial charge in [0.1, 0.15) is 0 Å². The molecule has 0 aromatic carbocycles. The quantitative estimate of drug-likeness (QED) is 0.716. The predicted octanol–water partition coefficient (Wildman–Crippen LogP) is 3.25. The number of hydrogen-bond acceptors (Lipinski definition) is 1. The van der Waals surface area contributed by atoms with Crippen LogP contribution in [-0.4, -0.2) is 17.8 Å². The molecule has 2 fully saturated rings. The average Bonchev–Trinajstić information content (AvgIpc) is 2.42. The van der Waals surface area contributed by atoms with Gasteiger partial charge >= 0.3 is 6.18 Å². The zero-order chi connectivity index (χ0) is 11.3. The SMILES string of the molecule is CC(C)(C(F)(F)F)C12CCCC(CC1)N2. The summed E-state index contributed by atoms with van der Waals surface area (Å²) in [6, 6.07) is 0.320. The standard InChI is InChI=1S/C11H18F3N/c1-9(2,11(12,13)14)10-6-3-4-8(15-10)5-7-10/h8,15H,3-7H2,1-2H3. The van der Waals surface area contributed by atoms with Crippen LogP contribution >= 0.6 is 0 Å². The molecule has 2 atom stereocenters. The van der Waals surface area contributed by atoms with E-state index in [1.54, 1.807) is 0 Å². The molecule has 0 radical (unpaired) electrons. The van der Waals surface area contributed by atoms with E-state index in [1.165, 1.54) is 13.8 Å². The summed E-state index contributed by atoms with van der Waals surface area (Å²) in [5.74, 6) is 0. The van der Waals surface area contributed by atoms with E-state index in [1.807, 2.05) is 0 Å². The third kappa shape index (κ3) is 1.49. The number of piperidine rings is 1. The molecule has 0 aliphatic carbocycles. The number of alkyl halides is 3. The van der Waals surface area contributed by atoms with Crippen LogP contribution < -0.4 is 5.32 Å². The first-order chi connectivity index (χ1) is 6.79. The van der Waals surface area contributed by atoms with Gasteiger partial charge in [-0.05, 0) is 39.5 Å². The first-order valence-corrected chi connectivity index (χ1v) is 5.63. The summed E-state index contributed by atoms with van der Waals surface area (Å²) in [5, 5.41) is 3.23. The minimum Gasteiger partial charge on any atom is -0.308 e. The fourth-order valence-corrected chi connectivity index (χ4v) is 3.10. The largest absolute Gasteiger partial charge is 0.395 e. The zero-order valence-corrected chi connectivity index (χ0v) is 9.25. The highest BCUT2D eigenvalue weighted by Gasteiger charge is 2.62. The molecule has 88 valence electrons. The summed E-state index contributed by atoms with van der Waals surface area (Å²) >= 11 is 0. The van der Waals surface area contributed by atoms with E-state index < -0.39 is 17.1 Å². The van der Waals surface area contributed by atoms with Crippen molar-refractivity contribution in [3.8, 4) is 0 Å². The van der Waals surface area contributed by atoms with Gasteiger partial charge in [-0.2, -0.15) is 13.2 Å². The van der Waals surface area contributed by atoms with E-state index in [0.29, 0.717) is 18.9 Å². The van der Waals surface area contributed by atoms with Crippen molar-refractivity contribution >= 4 is 0 Å². The maximum atomic E-state index is 13.0. The van der Waals surface area contributed by atoms with Crippen molar-refractivity contribution in [2.75, 3.05) is 0 Å². The summed E-state index contributed by atoms with van der Waals surface area (Å²) in [7, 11) is 0. The molecule has 1 N–H and O–H groups in total. The van der Waals surface area contributed by atoms with Gasteiger partial charge in [0.15, 0.2) is 0 Å². The van der Waals surface area contributed by atoms with E-state index in [4.69, 9.17) is 0 Å². The lowest BCUT2D eigenvalue weighted by Gasteiger charge is -2.48. The summed E-state index contributed by atoms with van der Waals surface area (Å²) in [4.78, 5) is 0. The van der Waals surface area contributed by atoms with Crippen molar-refractivity contribution < 1.29 is 13.2 Å². The molecule has 1 nitrogen and oxygen atoms in total. The smallest absolute Gasteiger partial charge is 0.308 e. The second-order valence-electron chi connectivity index (χ2n) is 5.48. The molecular formula is C11H18F3N. The number of fused-ring (bicyclic) bond motifs is 2. The summed E-state index contributed by atoms with van der Waals surface area (Å²) in [6.45, 7) is 2.68. The monoisotopic (exact) mass is 221 g/mol. The van der Waals surface area contributed by atoms with Crippen molar-refractivity contribution in [3.63, 3.8) is 0 Å². The highest BCUT2D eigenvalue weighted by Crippen LogP contribution is 2.54. The Hall–Kier alpha value is -0.250. The van der Waals surface area contributed by atoms with E-state index in [-0.39, 0.29) is 0 Å². The van der Waals surface area contributed by atoms with Gasteiger partial charge < -0.3 is 5.32 Å². The Labute approximate surface area is 88.4 Å². The minimum atomic E-state index is -4.12. The van der Waals surface area contributed by atoms with Gasteiger partial charge in [0.25, 0.3) is 0 Å². The van der Waals surface area contributed by atoms with Crippen molar-refractivity contribution in [2.24, 2.45) is 5.41 Å². The Morgan fingerprint density at radius 1 is 1.13 bits per heavy atom. The third-order valence-electron chi connectivity index (χ3n) is 4.46. The lowest BCUT2D eigenvalue weighted by Crippen LogP contribution is -2.61. The molecule has 0 saturated carbocycles. The molecule has 0 aromatic rings. The summed E-state index contributed by atoms with van der Waals surface area (Å²) in [5.41, 5.74) is -2.32. The number of hydrogen-bond donors (Lipinski definition) is 1. The van der Waals surface area contributed by atoms with Crippen LogP contribution in [0.4, 0.5) is 13.2 Å². The first-order valence-electron chi connectivity index (χ1n) is 5.63. The van der Waals surface area contributed by atoms with Crippen molar-refractivity contribution in [1.82, 2.24) is 5.32 Å². The maximum Gasteiger partial charge on any atom is 0.395 e. The Kier molecular flexibility index (Phi) is 2.34. The van der Waals surface area contributed by atoms with Crippen LogP contribution in [0.5, 0.6) is 0 Å². The van der Waals surface area contributed by atoms with E-state index >= 15 is 0 Å². The molecule has 2 unspecified atom stereocenters. The number of rotatable bonds is 1. The van der Waals surface area contributed by atoms with Crippen LogP contribution in [0.1, 0.15) is 46.0 Å². The van der Waals surface area contributed by atoms with Crippen LogP contribution in [0, 0.1) is 5.41 Å². The van der Waals surface area contributed by atoms with E-state index in [0.717, 1.165) is 19.3 Å². The Bertz CT molecular complexity index is 255. The number of nitrogens with one attached hydrogen (secondary N) is 1. The van der Waals surface area contributed by atoms with Crippen molar-refractivity contribution in [3.05, 3.63) is 0 Å². The van der Waals surface area contributed by atoms with Gasteiger partial charge in [-0.15, -0.1) is 0 Å².